The van der Waals surface area contributed by atoms with Crippen molar-refractivity contribution in [3.63, 3.8) is 0 Å². The van der Waals surface area contributed by atoms with E-state index in [1.54, 1.807) is 18.2 Å². The minimum Gasteiger partial charge on any atom is -0.321 e. The molecule has 4 nitrogen and oxygen atoms in total. The minimum atomic E-state index is -0.242. The number of aromatic nitrogens is 1. The minimum absolute atomic E-state index is 0.242. The van der Waals surface area contributed by atoms with E-state index in [0.717, 1.165) is 47.9 Å². The Morgan fingerprint density at radius 1 is 1.03 bits per heavy atom. The summed E-state index contributed by atoms with van der Waals surface area (Å²) < 4.78 is 0. The molecule has 1 amide bonds. The number of benzene rings is 2. The van der Waals surface area contributed by atoms with E-state index in [4.69, 9.17) is 34.8 Å². The highest BCUT2D eigenvalue weighted by Crippen LogP contribution is 2.31. The average Bonchev–Trinajstić information content (AvgIpc) is 2.82. The number of hydrogen-bond donors (Lipinski definition) is 1. The molecule has 0 atom stereocenters. The Morgan fingerprint density at radius 3 is 2.55 bits per heavy atom. The smallest absolute Gasteiger partial charge is 0.255 e. The van der Waals surface area contributed by atoms with E-state index in [2.05, 4.69) is 33.4 Å². The van der Waals surface area contributed by atoms with E-state index in [0.29, 0.717) is 10.6 Å². The number of amides is 1. The van der Waals surface area contributed by atoms with Crippen LogP contribution in [-0.4, -0.2) is 35.4 Å². The Bertz CT molecular complexity index is 1210. The maximum Gasteiger partial charge on any atom is 0.255 e. The second-order valence-corrected chi connectivity index (χ2v) is 8.96. The van der Waals surface area contributed by atoms with Gasteiger partial charge in [0.1, 0.15) is 5.15 Å². The van der Waals surface area contributed by atoms with Crippen LogP contribution in [0.1, 0.15) is 27.9 Å². The fraction of sp³-hybridized carbons (Fsp3) is 0.154. The Labute approximate surface area is 208 Å². The first kappa shape index (κ1) is 23.5. The SMILES string of the molecule is O=C(Nc1ccc(Cl)cc1C1=CCN(C/C=C/c2ccc(Cl)cc2)CC1)c1ccnc(Cl)c1. The largest absolute Gasteiger partial charge is 0.321 e. The third-order valence-corrected chi connectivity index (χ3v) is 6.10. The molecule has 0 spiro atoms. The van der Waals surface area contributed by atoms with Gasteiger partial charge in [0.25, 0.3) is 5.91 Å². The molecule has 0 aliphatic carbocycles. The molecule has 4 rings (SSSR count). The van der Waals surface area contributed by atoms with Crippen molar-refractivity contribution in [2.45, 2.75) is 6.42 Å². The van der Waals surface area contributed by atoms with Gasteiger partial charge in [-0.15, -0.1) is 0 Å². The normalized spacial score (nSPS) is 14.3. The third-order valence-electron chi connectivity index (χ3n) is 5.40. The van der Waals surface area contributed by atoms with Crippen molar-refractivity contribution < 1.29 is 4.79 Å². The summed E-state index contributed by atoms with van der Waals surface area (Å²) in [5, 5.41) is 4.63. The Morgan fingerprint density at radius 2 is 1.82 bits per heavy atom. The van der Waals surface area contributed by atoms with E-state index in [9.17, 15) is 4.79 Å². The molecule has 0 radical (unpaired) electrons. The molecule has 1 aliphatic heterocycles. The number of anilines is 1. The van der Waals surface area contributed by atoms with Gasteiger partial charge in [-0.05, 0) is 60.0 Å². The summed E-state index contributed by atoms with van der Waals surface area (Å²) in [6, 6.07) is 16.5. The van der Waals surface area contributed by atoms with Crippen molar-refractivity contribution >= 4 is 58.0 Å². The molecule has 168 valence electrons. The molecule has 0 saturated heterocycles. The lowest BCUT2D eigenvalue weighted by atomic mass is 9.97. The quantitative estimate of drug-likeness (QED) is 0.369. The maximum atomic E-state index is 12.7. The van der Waals surface area contributed by atoms with Gasteiger partial charge in [0, 0.05) is 52.7 Å². The molecule has 1 aliphatic rings. The van der Waals surface area contributed by atoms with Gasteiger partial charge >= 0.3 is 0 Å². The van der Waals surface area contributed by atoms with Crippen LogP contribution in [0.25, 0.3) is 11.6 Å². The van der Waals surface area contributed by atoms with Crippen LogP contribution in [0.3, 0.4) is 0 Å². The fourth-order valence-electron chi connectivity index (χ4n) is 3.66. The summed E-state index contributed by atoms with van der Waals surface area (Å²) in [6.45, 7) is 2.59. The second-order valence-electron chi connectivity index (χ2n) is 7.70. The van der Waals surface area contributed by atoms with Gasteiger partial charge < -0.3 is 5.32 Å². The van der Waals surface area contributed by atoms with Gasteiger partial charge in [0.15, 0.2) is 0 Å². The highest BCUT2D eigenvalue weighted by molar-refractivity contribution is 6.31. The highest BCUT2D eigenvalue weighted by atomic mass is 35.5. The van der Waals surface area contributed by atoms with E-state index in [1.165, 1.54) is 11.8 Å². The predicted octanol–water partition coefficient (Wildman–Crippen LogP) is 7.10. The second kappa shape index (κ2) is 11.0. The van der Waals surface area contributed by atoms with Gasteiger partial charge in [-0.3, -0.25) is 9.69 Å². The lowest BCUT2D eigenvalue weighted by Gasteiger charge is -2.26. The molecule has 3 aromatic rings. The first-order valence-electron chi connectivity index (χ1n) is 10.5. The van der Waals surface area contributed by atoms with Gasteiger partial charge in [-0.2, -0.15) is 0 Å². The molecular weight excluding hydrogens is 477 g/mol. The molecule has 0 unspecified atom stereocenters. The van der Waals surface area contributed by atoms with Crippen molar-refractivity contribution in [3.05, 3.63) is 105 Å². The van der Waals surface area contributed by atoms with Crippen LogP contribution in [-0.2, 0) is 0 Å². The zero-order chi connectivity index (χ0) is 23.2. The number of nitrogens with zero attached hydrogens (tertiary/aromatic N) is 2. The molecule has 2 aromatic carbocycles. The third kappa shape index (κ3) is 6.46. The molecule has 2 heterocycles. The summed E-state index contributed by atoms with van der Waals surface area (Å²) in [7, 11) is 0. The van der Waals surface area contributed by atoms with E-state index in [-0.39, 0.29) is 11.1 Å². The summed E-state index contributed by atoms with van der Waals surface area (Å²) in [5.74, 6) is -0.242. The molecule has 7 heteroatoms. The monoisotopic (exact) mass is 497 g/mol. The van der Waals surface area contributed by atoms with Crippen LogP contribution < -0.4 is 5.32 Å². The first-order chi connectivity index (χ1) is 16.0. The highest BCUT2D eigenvalue weighted by Gasteiger charge is 2.17. The lowest BCUT2D eigenvalue weighted by Crippen LogP contribution is -2.28. The molecule has 0 saturated carbocycles. The average molecular weight is 499 g/mol. The van der Waals surface area contributed by atoms with Gasteiger partial charge in [-0.25, -0.2) is 4.98 Å². The number of pyridine rings is 1. The van der Waals surface area contributed by atoms with Crippen molar-refractivity contribution in [1.29, 1.82) is 0 Å². The molecule has 0 bridgehead atoms. The topological polar surface area (TPSA) is 45.2 Å². The Kier molecular flexibility index (Phi) is 7.84. The molecule has 1 aromatic heterocycles. The van der Waals surface area contributed by atoms with Crippen molar-refractivity contribution in [2.24, 2.45) is 0 Å². The van der Waals surface area contributed by atoms with Gasteiger partial charge in [0.2, 0.25) is 0 Å². The van der Waals surface area contributed by atoms with E-state index >= 15 is 0 Å². The Balaban J connectivity index is 1.43. The van der Waals surface area contributed by atoms with E-state index in [1.807, 2.05) is 36.4 Å². The standard InChI is InChI=1S/C26H22Cl3N3O/c27-21-5-3-18(4-6-21)2-1-13-32-14-10-19(11-15-32)23-17-22(28)7-8-24(23)31-26(33)20-9-12-30-25(29)16-20/h1-10,12,16-17H,11,13-15H2,(H,31,33)/b2-1+. The number of halogens is 3. The van der Waals surface area contributed by atoms with E-state index < -0.39 is 0 Å². The number of carbonyl (C=O) groups is 1. The lowest BCUT2D eigenvalue weighted by molar-refractivity contribution is 0.102. The van der Waals surface area contributed by atoms with Crippen LogP contribution in [0.5, 0.6) is 0 Å². The van der Waals surface area contributed by atoms with Crippen LogP contribution in [0, 0.1) is 0 Å². The van der Waals surface area contributed by atoms with Crippen LogP contribution in [0.15, 0.2) is 72.9 Å². The predicted molar refractivity (Wildman–Crippen MR) is 138 cm³/mol. The zero-order valence-electron chi connectivity index (χ0n) is 17.8. The van der Waals surface area contributed by atoms with Crippen LogP contribution in [0.4, 0.5) is 5.69 Å². The van der Waals surface area contributed by atoms with Gasteiger partial charge in [-0.1, -0.05) is 65.2 Å². The van der Waals surface area contributed by atoms with Crippen molar-refractivity contribution in [2.75, 3.05) is 25.0 Å². The number of nitrogens with one attached hydrogen (secondary N) is 1. The number of rotatable bonds is 6. The number of carbonyl (C=O) groups excluding carboxylic acids is 1. The van der Waals surface area contributed by atoms with Crippen molar-refractivity contribution in [3.8, 4) is 0 Å². The Hall–Kier alpha value is -2.63. The molecule has 1 N–H and O–H groups in total. The molecule has 33 heavy (non-hydrogen) atoms. The molecular formula is C26H22Cl3N3O. The zero-order valence-corrected chi connectivity index (χ0v) is 20.0. The molecule has 0 fully saturated rings. The first-order valence-corrected chi connectivity index (χ1v) is 11.7. The van der Waals surface area contributed by atoms with Crippen LogP contribution in [0.2, 0.25) is 15.2 Å². The fourth-order valence-corrected chi connectivity index (χ4v) is 4.13. The summed E-state index contributed by atoms with van der Waals surface area (Å²) in [4.78, 5) is 19.0. The summed E-state index contributed by atoms with van der Waals surface area (Å²) in [6.07, 6.45) is 8.83. The maximum absolute atomic E-state index is 12.7. The van der Waals surface area contributed by atoms with Gasteiger partial charge in [0.05, 0.1) is 0 Å². The van der Waals surface area contributed by atoms with Crippen molar-refractivity contribution in [1.82, 2.24) is 9.88 Å². The summed E-state index contributed by atoms with van der Waals surface area (Å²) >= 11 is 18.1. The van der Waals surface area contributed by atoms with Crippen LogP contribution >= 0.6 is 34.8 Å². The summed E-state index contributed by atoms with van der Waals surface area (Å²) in [5.41, 5.74) is 4.40. The number of hydrogen-bond acceptors (Lipinski definition) is 3.